The van der Waals surface area contributed by atoms with E-state index in [-0.39, 0.29) is 17.2 Å². The molecule has 0 fully saturated rings. The molecule has 0 aromatic carbocycles. The van der Waals surface area contributed by atoms with Crippen molar-refractivity contribution in [3.8, 4) is 6.07 Å². The fourth-order valence-corrected chi connectivity index (χ4v) is 1.66. The molecule has 1 amide bonds. The summed E-state index contributed by atoms with van der Waals surface area (Å²) in [7, 11) is 0. The first-order valence-corrected chi connectivity index (χ1v) is 5.92. The normalized spacial score (nSPS) is 13.3. The molecule has 0 aromatic heterocycles. The Morgan fingerprint density at radius 3 is 2.31 bits per heavy atom. The number of rotatable bonds is 5. The van der Waals surface area contributed by atoms with Gasteiger partial charge in [0.1, 0.15) is 0 Å². The Kier molecular flexibility index (Phi) is 6.10. The van der Waals surface area contributed by atoms with E-state index in [9.17, 15) is 4.79 Å². The molecule has 1 atom stereocenters. The molecule has 16 heavy (non-hydrogen) atoms. The van der Waals surface area contributed by atoms with E-state index in [0.29, 0.717) is 18.9 Å². The number of carbonyl (C=O) groups is 1. The summed E-state index contributed by atoms with van der Waals surface area (Å²) >= 11 is 0. The van der Waals surface area contributed by atoms with Crippen LogP contribution in [-0.2, 0) is 4.79 Å². The molecule has 0 aliphatic rings. The van der Waals surface area contributed by atoms with Crippen molar-refractivity contribution in [3.05, 3.63) is 0 Å². The van der Waals surface area contributed by atoms with Crippen molar-refractivity contribution in [2.45, 2.75) is 47.5 Å². The van der Waals surface area contributed by atoms with Crippen LogP contribution in [-0.4, -0.2) is 12.5 Å². The van der Waals surface area contributed by atoms with Crippen molar-refractivity contribution in [2.75, 3.05) is 6.54 Å². The van der Waals surface area contributed by atoms with Gasteiger partial charge >= 0.3 is 0 Å². The third kappa shape index (κ3) is 6.44. The zero-order valence-electron chi connectivity index (χ0n) is 11.1. The zero-order valence-corrected chi connectivity index (χ0v) is 11.1. The van der Waals surface area contributed by atoms with Crippen LogP contribution in [0.1, 0.15) is 47.5 Å². The lowest BCUT2D eigenvalue weighted by atomic mass is 9.79. The number of amides is 1. The molecule has 1 N–H and O–H groups in total. The van der Waals surface area contributed by atoms with E-state index >= 15 is 0 Å². The first-order valence-electron chi connectivity index (χ1n) is 5.92. The Morgan fingerprint density at radius 2 is 1.94 bits per heavy atom. The van der Waals surface area contributed by atoms with Gasteiger partial charge in [0.2, 0.25) is 5.91 Å². The number of carbonyl (C=O) groups excluding carboxylic acids is 1. The molecule has 0 aromatic rings. The summed E-state index contributed by atoms with van der Waals surface area (Å²) in [5, 5.41) is 11.2. The van der Waals surface area contributed by atoms with Crippen molar-refractivity contribution in [1.29, 1.82) is 5.26 Å². The second-order valence-electron chi connectivity index (χ2n) is 5.81. The van der Waals surface area contributed by atoms with E-state index in [4.69, 9.17) is 5.26 Å². The minimum atomic E-state index is 0.0405. The van der Waals surface area contributed by atoms with E-state index < -0.39 is 0 Å². The number of nitrogens with one attached hydrogen (secondary N) is 1. The van der Waals surface area contributed by atoms with Gasteiger partial charge < -0.3 is 5.32 Å². The average molecular weight is 224 g/mol. The predicted octanol–water partition coefficient (Wildman–Crippen LogP) is 2.72. The van der Waals surface area contributed by atoms with Gasteiger partial charge in [-0.05, 0) is 17.8 Å². The molecule has 0 aliphatic heterocycles. The third-order valence-electron chi connectivity index (χ3n) is 2.51. The average Bonchev–Trinajstić information content (AvgIpc) is 2.12. The third-order valence-corrected chi connectivity index (χ3v) is 2.51. The summed E-state index contributed by atoms with van der Waals surface area (Å²) in [6.07, 6.45) is 1.26. The minimum Gasteiger partial charge on any atom is -0.355 e. The molecule has 0 rings (SSSR count). The molecule has 0 radical (unpaired) electrons. The van der Waals surface area contributed by atoms with E-state index in [0.717, 1.165) is 6.42 Å². The highest BCUT2D eigenvalue weighted by atomic mass is 16.1. The fourth-order valence-electron chi connectivity index (χ4n) is 1.66. The largest absolute Gasteiger partial charge is 0.355 e. The van der Waals surface area contributed by atoms with Crippen LogP contribution < -0.4 is 5.32 Å². The predicted molar refractivity (Wildman–Crippen MR) is 65.6 cm³/mol. The lowest BCUT2D eigenvalue weighted by molar-refractivity contribution is -0.127. The summed E-state index contributed by atoms with van der Waals surface area (Å²) in [5.41, 5.74) is 0.154. The summed E-state index contributed by atoms with van der Waals surface area (Å²) in [4.78, 5) is 11.9. The van der Waals surface area contributed by atoms with Gasteiger partial charge in [0.05, 0.1) is 12.5 Å². The summed E-state index contributed by atoms with van der Waals surface area (Å²) in [5.74, 6) is 0.458. The van der Waals surface area contributed by atoms with Crippen LogP contribution >= 0.6 is 0 Å². The highest BCUT2D eigenvalue weighted by molar-refractivity contribution is 5.78. The fraction of sp³-hybridized carbons (Fsp3) is 0.846. The van der Waals surface area contributed by atoms with Crippen molar-refractivity contribution in [1.82, 2.24) is 5.32 Å². The molecule has 3 nitrogen and oxygen atoms in total. The molecule has 0 heterocycles. The second kappa shape index (κ2) is 6.52. The van der Waals surface area contributed by atoms with Gasteiger partial charge in [-0.3, -0.25) is 4.79 Å². The van der Waals surface area contributed by atoms with Crippen molar-refractivity contribution >= 4 is 5.91 Å². The van der Waals surface area contributed by atoms with Crippen LogP contribution in [0.3, 0.4) is 0 Å². The topological polar surface area (TPSA) is 52.9 Å². The molecule has 0 aliphatic carbocycles. The number of nitriles is 1. The van der Waals surface area contributed by atoms with Crippen molar-refractivity contribution < 1.29 is 4.79 Å². The highest BCUT2D eigenvalue weighted by Crippen LogP contribution is 2.28. The van der Waals surface area contributed by atoms with E-state index in [1.807, 2.05) is 6.07 Å². The van der Waals surface area contributed by atoms with E-state index in [1.54, 1.807) is 0 Å². The summed E-state index contributed by atoms with van der Waals surface area (Å²) in [6, 6.07) is 2.02. The van der Waals surface area contributed by atoms with Crippen LogP contribution in [0.25, 0.3) is 0 Å². The number of hydrogen-bond acceptors (Lipinski definition) is 2. The number of nitrogens with zero attached hydrogens (tertiary/aromatic N) is 1. The molecule has 92 valence electrons. The lowest BCUT2D eigenvalue weighted by Crippen LogP contribution is -2.36. The van der Waals surface area contributed by atoms with Gasteiger partial charge in [0, 0.05) is 12.5 Å². The summed E-state index contributed by atoms with van der Waals surface area (Å²) in [6.45, 7) is 11.0. The van der Waals surface area contributed by atoms with E-state index in [1.165, 1.54) is 0 Å². The second-order valence-corrected chi connectivity index (χ2v) is 5.81. The monoisotopic (exact) mass is 224 g/mol. The molecule has 0 bridgehead atoms. The van der Waals surface area contributed by atoms with Crippen molar-refractivity contribution in [3.63, 3.8) is 0 Å². The van der Waals surface area contributed by atoms with Gasteiger partial charge in [-0.2, -0.15) is 5.26 Å². The smallest absolute Gasteiger partial charge is 0.223 e. The lowest BCUT2D eigenvalue weighted by Gasteiger charge is -2.27. The Labute approximate surface area is 99.2 Å². The number of hydrogen-bond donors (Lipinski definition) is 1. The quantitative estimate of drug-likeness (QED) is 0.730. The molecule has 0 saturated heterocycles. The highest BCUT2D eigenvalue weighted by Gasteiger charge is 2.27. The van der Waals surface area contributed by atoms with Gasteiger partial charge in [0.15, 0.2) is 0 Å². The first kappa shape index (κ1) is 15.0. The van der Waals surface area contributed by atoms with Gasteiger partial charge in [-0.15, -0.1) is 0 Å². The summed E-state index contributed by atoms with van der Waals surface area (Å²) < 4.78 is 0. The van der Waals surface area contributed by atoms with E-state index in [2.05, 4.69) is 39.9 Å². The SMILES string of the molecule is CC(C)C(CC(C)(C)C)C(=O)NCCC#N. The van der Waals surface area contributed by atoms with Gasteiger partial charge in [0.25, 0.3) is 0 Å². The van der Waals surface area contributed by atoms with Crippen LogP contribution in [0.5, 0.6) is 0 Å². The Balaban J connectivity index is 4.32. The molecule has 0 spiro atoms. The maximum Gasteiger partial charge on any atom is 0.223 e. The molecular formula is C13H24N2O. The van der Waals surface area contributed by atoms with Crippen LogP contribution in [0, 0.1) is 28.6 Å². The standard InChI is InChI=1S/C13H24N2O/c1-10(2)11(9-13(3,4)5)12(16)15-8-6-7-14/h10-11H,6,8-9H2,1-5H3,(H,15,16). The van der Waals surface area contributed by atoms with Crippen molar-refractivity contribution in [2.24, 2.45) is 17.3 Å². The first-order chi connectivity index (χ1) is 7.28. The molecule has 0 saturated carbocycles. The van der Waals surface area contributed by atoms with Crippen LogP contribution in [0.15, 0.2) is 0 Å². The van der Waals surface area contributed by atoms with Gasteiger partial charge in [-0.1, -0.05) is 34.6 Å². The molecular weight excluding hydrogens is 200 g/mol. The Bertz CT molecular complexity index is 258. The maximum atomic E-state index is 11.9. The molecule has 3 heteroatoms. The zero-order chi connectivity index (χ0) is 12.8. The maximum absolute atomic E-state index is 11.9. The Hall–Kier alpha value is -1.04. The van der Waals surface area contributed by atoms with Crippen LogP contribution in [0.2, 0.25) is 0 Å². The Morgan fingerprint density at radius 1 is 1.38 bits per heavy atom. The van der Waals surface area contributed by atoms with Gasteiger partial charge in [-0.25, -0.2) is 0 Å². The minimum absolute atomic E-state index is 0.0405. The molecule has 1 unspecified atom stereocenters. The van der Waals surface area contributed by atoms with Crippen LogP contribution in [0.4, 0.5) is 0 Å².